The lowest BCUT2D eigenvalue weighted by Gasteiger charge is -2.30. The molecule has 0 saturated heterocycles. The van der Waals surface area contributed by atoms with Crippen LogP contribution in [-0.2, 0) is 4.79 Å². The molecule has 0 unspecified atom stereocenters. The van der Waals surface area contributed by atoms with Crippen LogP contribution in [0.2, 0.25) is 0 Å². The first kappa shape index (κ1) is 20.0. The zero-order valence-corrected chi connectivity index (χ0v) is 17.5. The number of aromatic nitrogens is 2. The van der Waals surface area contributed by atoms with Crippen LogP contribution in [-0.4, -0.2) is 30.3 Å². The van der Waals surface area contributed by atoms with Gasteiger partial charge in [-0.2, -0.15) is 0 Å². The van der Waals surface area contributed by atoms with Gasteiger partial charge in [-0.25, -0.2) is 9.02 Å². The van der Waals surface area contributed by atoms with Crippen molar-refractivity contribution in [2.75, 3.05) is 24.9 Å². The number of halogens is 1. The number of nitrogens with one attached hydrogen (secondary N) is 2. The zero-order chi connectivity index (χ0) is 22.2. The topological polar surface area (TPSA) is 98.5 Å². The first-order valence-corrected chi connectivity index (χ1v) is 10.2. The summed E-state index contributed by atoms with van der Waals surface area (Å²) in [5, 5.41) is 14.4. The Labute approximate surface area is 183 Å². The Morgan fingerprint density at radius 2 is 1.81 bits per heavy atom. The SMILES string of the molecule is COc1ccc(OC)c([C@@H]2Nc3nonc3NC3=C2C(=O)C[C@H](c2ccc(F)cc2)C3)c1. The second-order valence-electron chi connectivity index (χ2n) is 7.74. The Kier molecular flexibility index (Phi) is 5.01. The first-order valence-electron chi connectivity index (χ1n) is 10.2. The standard InChI is InChI=1S/C23H21FN4O4/c1-30-15-7-8-19(31-2)16(11-15)21-20-17(25-22-23(26-21)28-32-27-22)9-13(10-18(20)29)12-3-5-14(24)6-4-12/h3-8,11,13,21H,9-10H2,1-2H3,(H,25,27)(H,26,28)/t13-,21+/m1/s1. The lowest BCUT2D eigenvalue weighted by molar-refractivity contribution is -0.116. The van der Waals surface area contributed by atoms with Crippen molar-refractivity contribution in [3.8, 4) is 11.5 Å². The van der Waals surface area contributed by atoms with E-state index in [-0.39, 0.29) is 17.5 Å². The van der Waals surface area contributed by atoms with Gasteiger partial charge in [-0.3, -0.25) is 4.79 Å². The van der Waals surface area contributed by atoms with Crippen LogP contribution in [0, 0.1) is 5.82 Å². The fourth-order valence-corrected chi connectivity index (χ4v) is 4.37. The summed E-state index contributed by atoms with van der Waals surface area (Å²) in [5.41, 5.74) is 2.92. The molecule has 32 heavy (non-hydrogen) atoms. The van der Waals surface area contributed by atoms with Gasteiger partial charge in [-0.1, -0.05) is 12.1 Å². The van der Waals surface area contributed by atoms with Crippen LogP contribution >= 0.6 is 0 Å². The number of anilines is 2. The van der Waals surface area contributed by atoms with E-state index in [1.807, 2.05) is 6.07 Å². The van der Waals surface area contributed by atoms with Crippen molar-refractivity contribution in [2.24, 2.45) is 0 Å². The third-order valence-corrected chi connectivity index (χ3v) is 5.92. The summed E-state index contributed by atoms with van der Waals surface area (Å²) in [5.74, 6) is 1.59. The molecule has 0 fully saturated rings. The van der Waals surface area contributed by atoms with Crippen molar-refractivity contribution in [3.05, 3.63) is 70.7 Å². The molecule has 0 spiro atoms. The quantitative estimate of drug-likeness (QED) is 0.628. The molecule has 2 aromatic carbocycles. The number of ether oxygens (including phenoxy) is 2. The lowest BCUT2D eigenvalue weighted by Crippen LogP contribution is -2.27. The number of Topliss-reactive ketones (excluding diaryl/α,β-unsaturated/α-hetero) is 1. The van der Waals surface area contributed by atoms with E-state index in [1.54, 1.807) is 38.5 Å². The van der Waals surface area contributed by atoms with Gasteiger partial charge in [0.1, 0.15) is 17.3 Å². The Bertz CT molecular complexity index is 1200. The highest BCUT2D eigenvalue weighted by Gasteiger charge is 2.38. The second kappa shape index (κ2) is 7.99. The minimum atomic E-state index is -0.558. The maximum Gasteiger partial charge on any atom is 0.219 e. The summed E-state index contributed by atoms with van der Waals surface area (Å²) in [6.07, 6.45) is 0.843. The summed E-state index contributed by atoms with van der Waals surface area (Å²) in [4.78, 5) is 13.5. The van der Waals surface area contributed by atoms with Gasteiger partial charge in [0.2, 0.25) is 11.6 Å². The number of nitrogens with zero attached hydrogens (tertiary/aromatic N) is 2. The number of carbonyl (C=O) groups excluding carboxylic acids is 1. The van der Waals surface area contributed by atoms with Crippen LogP contribution in [0.5, 0.6) is 11.5 Å². The van der Waals surface area contributed by atoms with E-state index in [0.717, 1.165) is 11.1 Å². The van der Waals surface area contributed by atoms with Gasteiger partial charge in [-0.15, -0.1) is 0 Å². The first-order chi connectivity index (χ1) is 15.6. The van der Waals surface area contributed by atoms with Crippen molar-refractivity contribution in [2.45, 2.75) is 24.8 Å². The minimum Gasteiger partial charge on any atom is -0.497 e. The maximum atomic E-state index is 13.5. The molecule has 0 radical (unpaired) electrons. The number of carbonyl (C=O) groups is 1. The molecular weight excluding hydrogens is 415 g/mol. The third-order valence-electron chi connectivity index (χ3n) is 5.92. The van der Waals surface area contributed by atoms with E-state index < -0.39 is 6.04 Å². The summed E-state index contributed by atoms with van der Waals surface area (Å²) in [6, 6.07) is 11.1. The highest BCUT2D eigenvalue weighted by atomic mass is 19.1. The number of rotatable bonds is 4. The number of allylic oxidation sites excluding steroid dienone is 1. The van der Waals surface area contributed by atoms with Crippen molar-refractivity contribution in [1.29, 1.82) is 0 Å². The van der Waals surface area contributed by atoms with Gasteiger partial charge in [0.25, 0.3) is 0 Å². The number of hydrogen-bond donors (Lipinski definition) is 2. The molecule has 3 aromatic rings. The van der Waals surface area contributed by atoms with Gasteiger partial charge >= 0.3 is 0 Å². The van der Waals surface area contributed by atoms with Crippen LogP contribution < -0.4 is 20.1 Å². The van der Waals surface area contributed by atoms with Gasteiger partial charge < -0.3 is 20.1 Å². The van der Waals surface area contributed by atoms with Gasteiger partial charge in [-0.05, 0) is 58.5 Å². The summed E-state index contributed by atoms with van der Waals surface area (Å²) in [6.45, 7) is 0. The fourth-order valence-electron chi connectivity index (χ4n) is 4.37. The zero-order valence-electron chi connectivity index (χ0n) is 17.5. The highest BCUT2D eigenvalue weighted by molar-refractivity contribution is 6.01. The molecule has 1 aromatic heterocycles. The average molecular weight is 436 g/mol. The van der Waals surface area contributed by atoms with Crippen molar-refractivity contribution in [1.82, 2.24) is 10.3 Å². The molecule has 1 aliphatic heterocycles. The molecule has 164 valence electrons. The van der Waals surface area contributed by atoms with E-state index >= 15 is 0 Å². The number of hydrogen-bond acceptors (Lipinski definition) is 8. The van der Waals surface area contributed by atoms with Crippen molar-refractivity contribution in [3.63, 3.8) is 0 Å². The molecule has 2 atom stereocenters. The molecule has 1 aliphatic carbocycles. The Hall–Kier alpha value is -3.88. The Morgan fingerprint density at radius 1 is 1.03 bits per heavy atom. The van der Waals surface area contributed by atoms with Crippen LogP contribution in [0.4, 0.5) is 16.0 Å². The third kappa shape index (κ3) is 3.45. The van der Waals surface area contributed by atoms with Gasteiger partial charge in [0, 0.05) is 23.3 Å². The monoisotopic (exact) mass is 436 g/mol. The lowest BCUT2D eigenvalue weighted by atomic mass is 9.78. The summed E-state index contributed by atoms with van der Waals surface area (Å²) >= 11 is 0. The highest BCUT2D eigenvalue weighted by Crippen LogP contribution is 2.45. The number of fused-ring (bicyclic) bond motifs is 1. The molecule has 9 heteroatoms. The molecule has 5 rings (SSSR count). The Balaban J connectivity index is 1.62. The van der Waals surface area contributed by atoms with Gasteiger partial charge in [0.05, 0.1) is 20.3 Å². The molecule has 0 amide bonds. The van der Waals surface area contributed by atoms with E-state index in [9.17, 15) is 9.18 Å². The van der Waals surface area contributed by atoms with E-state index in [2.05, 4.69) is 20.9 Å². The fraction of sp³-hybridized carbons (Fsp3) is 0.261. The van der Waals surface area contributed by atoms with Crippen LogP contribution in [0.25, 0.3) is 0 Å². The Morgan fingerprint density at radius 3 is 2.56 bits per heavy atom. The smallest absolute Gasteiger partial charge is 0.219 e. The van der Waals surface area contributed by atoms with Crippen molar-refractivity contribution >= 4 is 17.4 Å². The van der Waals surface area contributed by atoms with Gasteiger partial charge in [0.15, 0.2) is 5.78 Å². The summed E-state index contributed by atoms with van der Waals surface area (Å²) < 4.78 is 29.3. The normalized spacial score (nSPS) is 19.9. The van der Waals surface area contributed by atoms with Crippen LogP contribution in [0.3, 0.4) is 0 Å². The number of benzene rings is 2. The minimum absolute atomic E-state index is 0.0301. The molecular formula is C23H21FN4O4. The molecule has 2 N–H and O–H groups in total. The summed E-state index contributed by atoms with van der Waals surface area (Å²) in [7, 11) is 3.16. The van der Waals surface area contributed by atoms with E-state index in [4.69, 9.17) is 14.1 Å². The molecule has 2 heterocycles. The molecule has 8 nitrogen and oxygen atoms in total. The van der Waals surface area contributed by atoms with Crippen LogP contribution in [0.15, 0.2) is 58.4 Å². The van der Waals surface area contributed by atoms with Crippen LogP contribution in [0.1, 0.15) is 35.9 Å². The second-order valence-corrected chi connectivity index (χ2v) is 7.74. The molecule has 0 saturated carbocycles. The largest absolute Gasteiger partial charge is 0.497 e. The number of methoxy groups -OCH3 is 2. The number of ketones is 1. The molecule has 2 aliphatic rings. The molecule has 0 bridgehead atoms. The van der Waals surface area contributed by atoms with Crippen molar-refractivity contribution < 1.29 is 23.3 Å². The predicted octanol–water partition coefficient (Wildman–Crippen LogP) is 4.21. The van der Waals surface area contributed by atoms with E-state index in [1.165, 1.54) is 12.1 Å². The average Bonchev–Trinajstić information content (AvgIpc) is 3.17. The van der Waals surface area contributed by atoms with E-state index in [0.29, 0.717) is 47.2 Å². The predicted molar refractivity (Wildman–Crippen MR) is 114 cm³/mol. The maximum absolute atomic E-state index is 13.5.